The molecule has 0 bridgehead atoms. The van der Waals surface area contributed by atoms with Crippen molar-refractivity contribution in [1.29, 1.82) is 0 Å². The van der Waals surface area contributed by atoms with E-state index in [4.69, 9.17) is 4.74 Å². The third-order valence-electron chi connectivity index (χ3n) is 10.9. The van der Waals surface area contributed by atoms with Gasteiger partial charge in [0.05, 0.1) is 43.3 Å². The van der Waals surface area contributed by atoms with E-state index in [0.29, 0.717) is 13.0 Å². The van der Waals surface area contributed by atoms with Crippen LogP contribution < -0.4 is 25.6 Å². The van der Waals surface area contributed by atoms with Crippen LogP contribution in [0.3, 0.4) is 0 Å². The lowest BCUT2D eigenvalue weighted by atomic mass is 9.86. The average Bonchev–Trinajstić information content (AvgIpc) is 3.25. The maximum atomic E-state index is 14.2. The zero-order valence-electron chi connectivity index (χ0n) is 36.1. The molecule has 0 fully saturated rings. The smallest absolute Gasteiger partial charge is 0.251 e. The maximum Gasteiger partial charge on any atom is 0.251 e. The van der Waals surface area contributed by atoms with Crippen LogP contribution in [0.5, 0.6) is 0 Å². The Kier molecular flexibility index (Phi) is 18.0. The second kappa shape index (κ2) is 22.9. The molecule has 14 heteroatoms. The molecule has 0 saturated carbocycles. The quantitative estimate of drug-likeness (QED) is 0.0662. The van der Waals surface area contributed by atoms with Crippen molar-refractivity contribution in [3.05, 3.63) is 137 Å². The lowest BCUT2D eigenvalue weighted by Gasteiger charge is -2.31. The summed E-state index contributed by atoms with van der Waals surface area (Å²) in [5.74, 6) is -3.22. The molecule has 4 amide bonds. The van der Waals surface area contributed by atoms with Gasteiger partial charge in [0.25, 0.3) is 11.8 Å². The highest BCUT2D eigenvalue weighted by Crippen LogP contribution is 2.24. The fourth-order valence-corrected chi connectivity index (χ4v) is 7.18. The molecule has 0 heterocycles. The summed E-state index contributed by atoms with van der Waals surface area (Å²) in [7, 11) is -2.48. The number of nitrogens with zero attached hydrogens (tertiary/aromatic N) is 1. The van der Waals surface area contributed by atoms with E-state index in [2.05, 4.69) is 21.3 Å². The topological polar surface area (TPSA) is 183 Å². The van der Waals surface area contributed by atoms with Crippen molar-refractivity contribution < 1.29 is 37.4 Å². The van der Waals surface area contributed by atoms with Crippen molar-refractivity contribution in [2.24, 2.45) is 17.8 Å². The molecule has 6 atom stereocenters. The van der Waals surface area contributed by atoms with Gasteiger partial charge in [-0.15, -0.1) is 0 Å². The predicted octanol–water partition coefficient (Wildman–Crippen LogP) is 5.76. The number of aliphatic hydroxyl groups excluding tert-OH is 1. The molecule has 4 rings (SSSR count). The van der Waals surface area contributed by atoms with Crippen molar-refractivity contribution in [2.45, 2.75) is 84.8 Å². The normalized spacial score (nSPS) is 14.4. The molecule has 0 aliphatic carbocycles. The Morgan fingerprint density at radius 3 is 1.82 bits per heavy atom. The van der Waals surface area contributed by atoms with Gasteiger partial charge in [-0.05, 0) is 60.1 Å². The first-order valence-electron chi connectivity index (χ1n) is 20.7. The van der Waals surface area contributed by atoms with Gasteiger partial charge in [0.15, 0.2) is 0 Å². The summed E-state index contributed by atoms with van der Waals surface area (Å²) in [4.78, 5) is 55.3. The monoisotopic (exact) mass is 855 g/mol. The van der Waals surface area contributed by atoms with Crippen molar-refractivity contribution in [2.75, 3.05) is 24.2 Å². The summed E-state index contributed by atoms with van der Waals surface area (Å²) in [6, 6.07) is 29.9. The van der Waals surface area contributed by atoms with Crippen LogP contribution in [0.4, 0.5) is 5.69 Å². The summed E-state index contributed by atoms with van der Waals surface area (Å²) in [6.45, 7) is 9.65. The third-order valence-corrected chi connectivity index (χ3v) is 12.1. The average molecular weight is 856 g/mol. The number of hydrogen-bond donors (Lipinski definition) is 5. The molecule has 13 nitrogen and oxygen atoms in total. The fourth-order valence-electron chi connectivity index (χ4n) is 6.69. The Bertz CT molecular complexity index is 2160. The molecule has 5 N–H and O–H groups in total. The zero-order valence-corrected chi connectivity index (χ0v) is 36.9. The van der Waals surface area contributed by atoms with E-state index in [1.54, 1.807) is 0 Å². The van der Waals surface area contributed by atoms with Crippen LogP contribution in [-0.2, 0) is 37.5 Å². The van der Waals surface area contributed by atoms with Crippen LogP contribution in [-0.4, -0.2) is 75.3 Å². The van der Waals surface area contributed by atoms with E-state index >= 15 is 0 Å². The van der Waals surface area contributed by atoms with E-state index in [9.17, 15) is 32.7 Å². The SMILES string of the molecule is CCC(C)[C@H](NC(=O)[C@@H](C[C@H](O)[C@H](COCc1ccccc1)NC(=O)c1cc(C(=O)N[C@H](C)c2ccccc2)cc(N(C)S(C)(=O)=O)c1)C(C)C)C(=O)NCc1ccccc1. The van der Waals surface area contributed by atoms with Gasteiger partial charge in [-0.2, -0.15) is 0 Å². The second-order valence-corrected chi connectivity index (χ2v) is 17.9. The van der Waals surface area contributed by atoms with Crippen molar-refractivity contribution >= 4 is 39.3 Å². The molecule has 0 aromatic heterocycles. The number of aliphatic hydroxyl groups is 1. The predicted molar refractivity (Wildman–Crippen MR) is 238 cm³/mol. The van der Waals surface area contributed by atoms with Gasteiger partial charge in [0.1, 0.15) is 6.04 Å². The van der Waals surface area contributed by atoms with Gasteiger partial charge in [-0.1, -0.05) is 125 Å². The molecular weight excluding hydrogens is 795 g/mol. The number of sulfonamides is 1. The standard InChI is InChI=1S/C47H61N5O8S/c1-8-32(4)43(47(57)48-28-34-18-12-9-13-19-34)51-46(56)40(31(2)3)27-42(53)41(30-60-29-35-20-14-10-15-21-35)50-45(55)38-24-37(25-39(26-38)52(6)61(7,58)59)44(54)49-33(5)36-22-16-11-17-23-36/h9-26,31-33,40-43,53H,8,27-30H2,1-7H3,(H,48,57)(H,49,54)(H,50,55)(H,51,56)/t32?,33-,40+,41+,42+,43+/m1/s1. The summed E-state index contributed by atoms with van der Waals surface area (Å²) < 4.78 is 32.3. The number of anilines is 1. The molecule has 61 heavy (non-hydrogen) atoms. The summed E-state index contributed by atoms with van der Waals surface area (Å²) in [6.07, 6.45) is 0.228. The Morgan fingerprint density at radius 2 is 1.28 bits per heavy atom. The van der Waals surface area contributed by atoms with E-state index in [-0.39, 0.29) is 54.2 Å². The van der Waals surface area contributed by atoms with Crippen molar-refractivity contribution in [3.8, 4) is 0 Å². The van der Waals surface area contributed by atoms with Crippen LogP contribution in [0.2, 0.25) is 0 Å². The molecule has 0 radical (unpaired) electrons. The van der Waals surface area contributed by atoms with E-state index < -0.39 is 57.9 Å². The fraction of sp³-hybridized carbons (Fsp3) is 0.404. The van der Waals surface area contributed by atoms with Crippen LogP contribution in [0, 0.1) is 17.8 Å². The molecule has 0 aliphatic heterocycles. The van der Waals surface area contributed by atoms with Gasteiger partial charge in [0, 0.05) is 30.6 Å². The second-order valence-electron chi connectivity index (χ2n) is 15.9. The molecule has 4 aromatic rings. The van der Waals surface area contributed by atoms with Crippen molar-refractivity contribution in [3.63, 3.8) is 0 Å². The summed E-state index contributed by atoms with van der Waals surface area (Å²) in [5.41, 5.74) is 2.70. The van der Waals surface area contributed by atoms with Crippen LogP contribution in [0.1, 0.15) is 90.9 Å². The molecular formula is C47H61N5O8S. The highest BCUT2D eigenvalue weighted by Gasteiger charge is 2.34. The molecule has 4 aromatic carbocycles. The lowest BCUT2D eigenvalue weighted by molar-refractivity contribution is -0.134. The molecule has 1 unspecified atom stereocenters. The lowest BCUT2D eigenvalue weighted by Crippen LogP contribution is -2.53. The van der Waals surface area contributed by atoms with Crippen molar-refractivity contribution in [1.82, 2.24) is 21.3 Å². The minimum Gasteiger partial charge on any atom is -0.391 e. The number of ether oxygens (including phenoxy) is 1. The highest BCUT2D eigenvalue weighted by atomic mass is 32.2. The number of hydrogen-bond acceptors (Lipinski definition) is 8. The van der Waals surface area contributed by atoms with Gasteiger partial charge < -0.3 is 31.1 Å². The minimum atomic E-state index is -3.80. The summed E-state index contributed by atoms with van der Waals surface area (Å²) >= 11 is 0. The number of nitrogens with one attached hydrogen (secondary N) is 4. The molecule has 0 spiro atoms. The Labute approximate surface area is 360 Å². The van der Waals surface area contributed by atoms with E-state index in [0.717, 1.165) is 27.3 Å². The van der Waals surface area contributed by atoms with Crippen LogP contribution >= 0.6 is 0 Å². The minimum absolute atomic E-state index is 0.0400. The first-order chi connectivity index (χ1) is 29.0. The Balaban J connectivity index is 1.60. The van der Waals surface area contributed by atoms with E-state index in [1.165, 1.54) is 25.2 Å². The third kappa shape index (κ3) is 14.5. The highest BCUT2D eigenvalue weighted by molar-refractivity contribution is 7.92. The number of rotatable bonds is 22. The Hall–Kier alpha value is -5.57. The zero-order chi connectivity index (χ0) is 44.7. The number of carbonyl (C=O) groups is 4. The number of amides is 4. The number of carbonyl (C=O) groups excluding carboxylic acids is 4. The molecule has 0 aliphatic rings. The van der Waals surface area contributed by atoms with Crippen LogP contribution in [0.25, 0.3) is 0 Å². The van der Waals surface area contributed by atoms with Gasteiger partial charge in [-0.3, -0.25) is 23.5 Å². The Morgan fingerprint density at radius 1 is 0.738 bits per heavy atom. The number of benzene rings is 4. The molecule has 328 valence electrons. The summed E-state index contributed by atoms with van der Waals surface area (Å²) in [5, 5.41) is 23.5. The van der Waals surface area contributed by atoms with Gasteiger partial charge in [-0.25, -0.2) is 8.42 Å². The van der Waals surface area contributed by atoms with Gasteiger partial charge in [0.2, 0.25) is 21.8 Å². The van der Waals surface area contributed by atoms with Gasteiger partial charge >= 0.3 is 0 Å². The first-order valence-corrected chi connectivity index (χ1v) is 22.5. The van der Waals surface area contributed by atoms with Crippen LogP contribution in [0.15, 0.2) is 109 Å². The largest absolute Gasteiger partial charge is 0.391 e. The molecule has 0 saturated heterocycles. The first kappa shape index (κ1) is 48.1. The maximum absolute atomic E-state index is 14.2. The van der Waals surface area contributed by atoms with E-state index in [1.807, 2.05) is 126 Å².